The molecule has 2 N–H and O–H groups in total. The lowest BCUT2D eigenvalue weighted by Crippen LogP contribution is -2.39. The van der Waals surface area contributed by atoms with E-state index in [2.05, 4.69) is 27.8 Å². The van der Waals surface area contributed by atoms with Crippen molar-refractivity contribution in [3.8, 4) is 0 Å². The first-order chi connectivity index (χ1) is 11.2. The van der Waals surface area contributed by atoms with Gasteiger partial charge in [-0.05, 0) is 42.5 Å². The summed E-state index contributed by atoms with van der Waals surface area (Å²) in [6, 6.07) is 11.5. The first-order valence-corrected chi connectivity index (χ1v) is 7.79. The second-order valence-electron chi connectivity index (χ2n) is 5.63. The zero-order chi connectivity index (χ0) is 16.1. The quantitative estimate of drug-likeness (QED) is 0.907. The number of aryl methyl sites for hydroxylation is 1. The highest BCUT2D eigenvalue weighted by Gasteiger charge is 2.21. The average molecular weight is 309 g/mol. The standard InChI is InChI=1S/C18H19N3O2/c22-17(12-20-18(23)14-8-10-19-11-9-14)21-16-7-3-5-13-4-1-2-6-15(13)16/h1-2,4,6,8-11,16H,3,5,7,12H2,(H,20,23)(H,21,22)/t16-/m1/s1. The molecule has 2 aromatic rings. The van der Waals surface area contributed by atoms with Crippen LogP contribution >= 0.6 is 0 Å². The minimum atomic E-state index is -0.272. The molecule has 0 spiro atoms. The van der Waals surface area contributed by atoms with Crippen LogP contribution in [0.4, 0.5) is 0 Å². The summed E-state index contributed by atoms with van der Waals surface area (Å²) in [5, 5.41) is 5.65. The van der Waals surface area contributed by atoms with Gasteiger partial charge in [-0.2, -0.15) is 0 Å². The Kier molecular flexibility index (Phi) is 4.66. The average Bonchev–Trinajstić information content (AvgIpc) is 2.61. The molecule has 0 radical (unpaired) electrons. The van der Waals surface area contributed by atoms with E-state index in [1.54, 1.807) is 24.5 Å². The van der Waals surface area contributed by atoms with Gasteiger partial charge < -0.3 is 10.6 Å². The molecule has 0 aliphatic heterocycles. The van der Waals surface area contributed by atoms with Crippen molar-refractivity contribution in [2.45, 2.75) is 25.3 Å². The lowest BCUT2D eigenvalue weighted by atomic mass is 9.88. The third-order valence-electron chi connectivity index (χ3n) is 4.06. The second-order valence-corrected chi connectivity index (χ2v) is 5.63. The van der Waals surface area contributed by atoms with Crippen molar-refractivity contribution in [3.63, 3.8) is 0 Å². The molecule has 5 heteroatoms. The number of fused-ring (bicyclic) bond motifs is 1. The van der Waals surface area contributed by atoms with Crippen molar-refractivity contribution >= 4 is 11.8 Å². The summed E-state index contributed by atoms with van der Waals surface area (Å²) in [6.45, 7) is -0.0280. The molecule has 1 aromatic heterocycles. The summed E-state index contributed by atoms with van der Waals surface area (Å²) in [6.07, 6.45) is 6.15. The minimum Gasteiger partial charge on any atom is -0.348 e. The number of benzene rings is 1. The van der Waals surface area contributed by atoms with Crippen LogP contribution in [0.15, 0.2) is 48.8 Å². The molecule has 0 unspecified atom stereocenters. The summed E-state index contributed by atoms with van der Waals surface area (Å²) in [4.78, 5) is 27.9. The van der Waals surface area contributed by atoms with Crippen molar-refractivity contribution in [2.75, 3.05) is 6.54 Å². The van der Waals surface area contributed by atoms with E-state index in [1.807, 2.05) is 12.1 Å². The van der Waals surface area contributed by atoms with Crippen LogP contribution in [0.3, 0.4) is 0 Å². The van der Waals surface area contributed by atoms with Crippen LogP contribution in [0.1, 0.15) is 40.4 Å². The van der Waals surface area contributed by atoms with Crippen LogP contribution in [0, 0.1) is 0 Å². The summed E-state index contributed by atoms with van der Waals surface area (Å²) >= 11 is 0. The Labute approximate surface area is 135 Å². The van der Waals surface area contributed by atoms with Crippen molar-refractivity contribution in [1.29, 1.82) is 0 Å². The molecule has 0 bridgehead atoms. The Balaban J connectivity index is 1.55. The van der Waals surface area contributed by atoms with Gasteiger partial charge in [-0.3, -0.25) is 14.6 Å². The highest BCUT2D eigenvalue weighted by molar-refractivity contribution is 5.96. The van der Waals surface area contributed by atoms with Gasteiger partial charge in [-0.25, -0.2) is 0 Å². The van der Waals surface area contributed by atoms with Crippen LogP contribution in [0.5, 0.6) is 0 Å². The van der Waals surface area contributed by atoms with Crippen molar-refractivity contribution in [3.05, 3.63) is 65.5 Å². The molecule has 3 rings (SSSR count). The lowest BCUT2D eigenvalue weighted by Gasteiger charge is -2.26. The normalized spacial score (nSPS) is 16.3. The fourth-order valence-electron chi connectivity index (χ4n) is 2.92. The van der Waals surface area contributed by atoms with Gasteiger partial charge in [-0.1, -0.05) is 24.3 Å². The number of rotatable bonds is 4. The van der Waals surface area contributed by atoms with E-state index in [1.165, 1.54) is 11.1 Å². The number of amides is 2. The predicted molar refractivity (Wildman–Crippen MR) is 86.8 cm³/mol. The molecule has 1 aromatic carbocycles. The first-order valence-electron chi connectivity index (χ1n) is 7.79. The molecule has 1 aliphatic rings. The Morgan fingerprint density at radius 2 is 1.91 bits per heavy atom. The van der Waals surface area contributed by atoms with Gasteiger partial charge in [0, 0.05) is 18.0 Å². The van der Waals surface area contributed by atoms with Crippen LogP contribution in [0.2, 0.25) is 0 Å². The number of aromatic nitrogens is 1. The third kappa shape index (κ3) is 3.74. The molecular formula is C18H19N3O2. The van der Waals surface area contributed by atoms with Gasteiger partial charge in [0.05, 0.1) is 12.6 Å². The molecule has 1 aliphatic carbocycles. The summed E-state index contributed by atoms with van der Waals surface area (Å²) in [7, 11) is 0. The molecule has 0 saturated carbocycles. The van der Waals surface area contributed by atoms with Crippen molar-refractivity contribution < 1.29 is 9.59 Å². The molecular weight excluding hydrogens is 290 g/mol. The van der Waals surface area contributed by atoms with Gasteiger partial charge in [0.25, 0.3) is 5.91 Å². The van der Waals surface area contributed by atoms with Gasteiger partial charge >= 0.3 is 0 Å². The lowest BCUT2D eigenvalue weighted by molar-refractivity contribution is -0.121. The number of nitrogens with one attached hydrogen (secondary N) is 2. The summed E-state index contributed by atoms with van der Waals surface area (Å²) < 4.78 is 0. The number of hydrogen-bond donors (Lipinski definition) is 2. The summed E-state index contributed by atoms with van der Waals surface area (Å²) in [5.74, 6) is -0.444. The third-order valence-corrected chi connectivity index (χ3v) is 4.06. The molecule has 2 amide bonds. The number of nitrogens with zero attached hydrogens (tertiary/aromatic N) is 1. The Hall–Kier alpha value is -2.69. The predicted octanol–water partition coefficient (Wildman–Crippen LogP) is 2.01. The SMILES string of the molecule is O=C(CNC(=O)c1ccncc1)N[C@@H]1CCCc2ccccc21. The van der Waals surface area contributed by atoms with Gasteiger partial charge in [0.2, 0.25) is 5.91 Å². The fraction of sp³-hybridized carbons (Fsp3) is 0.278. The van der Waals surface area contributed by atoms with Gasteiger partial charge in [0.15, 0.2) is 0 Å². The van der Waals surface area contributed by atoms with E-state index in [0.717, 1.165) is 19.3 Å². The zero-order valence-electron chi connectivity index (χ0n) is 12.8. The van der Waals surface area contributed by atoms with Crippen LogP contribution < -0.4 is 10.6 Å². The van der Waals surface area contributed by atoms with E-state index >= 15 is 0 Å². The van der Waals surface area contributed by atoms with E-state index in [4.69, 9.17) is 0 Å². The topological polar surface area (TPSA) is 71.1 Å². The van der Waals surface area contributed by atoms with Crippen LogP contribution in [0.25, 0.3) is 0 Å². The van der Waals surface area contributed by atoms with Crippen LogP contribution in [-0.2, 0) is 11.2 Å². The molecule has 23 heavy (non-hydrogen) atoms. The maximum Gasteiger partial charge on any atom is 0.251 e. The number of carbonyl (C=O) groups is 2. The number of hydrogen-bond acceptors (Lipinski definition) is 3. The molecule has 5 nitrogen and oxygen atoms in total. The Morgan fingerprint density at radius 1 is 1.13 bits per heavy atom. The van der Waals surface area contributed by atoms with E-state index < -0.39 is 0 Å². The van der Waals surface area contributed by atoms with Crippen molar-refractivity contribution in [1.82, 2.24) is 15.6 Å². The van der Waals surface area contributed by atoms with E-state index in [0.29, 0.717) is 5.56 Å². The van der Waals surface area contributed by atoms with Gasteiger partial charge in [-0.15, -0.1) is 0 Å². The van der Waals surface area contributed by atoms with Crippen LogP contribution in [-0.4, -0.2) is 23.3 Å². The molecule has 1 heterocycles. The number of carbonyl (C=O) groups excluding carboxylic acids is 2. The fourth-order valence-corrected chi connectivity index (χ4v) is 2.92. The maximum absolute atomic E-state index is 12.1. The minimum absolute atomic E-state index is 0.0280. The molecule has 118 valence electrons. The smallest absolute Gasteiger partial charge is 0.251 e. The Bertz CT molecular complexity index is 700. The monoisotopic (exact) mass is 309 g/mol. The molecule has 0 saturated heterocycles. The second kappa shape index (κ2) is 7.05. The Morgan fingerprint density at radius 3 is 2.74 bits per heavy atom. The number of pyridine rings is 1. The summed E-state index contributed by atoms with van der Waals surface area (Å²) in [5.41, 5.74) is 2.98. The highest BCUT2D eigenvalue weighted by atomic mass is 16.2. The van der Waals surface area contributed by atoms with E-state index in [9.17, 15) is 9.59 Å². The zero-order valence-corrected chi connectivity index (χ0v) is 12.8. The van der Waals surface area contributed by atoms with Gasteiger partial charge in [0.1, 0.15) is 0 Å². The maximum atomic E-state index is 12.1. The first kappa shape index (κ1) is 15.2. The van der Waals surface area contributed by atoms with E-state index in [-0.39, 0.29) is 24.4 Å². The largest absolute Gasteiger partial charge is 0.348 e. The highest BCUT2D eigenvalue weighted by Crippen LogP contribution is 2.29. The van der Waals surface area contributed by atoms with Crippen molar-refractivity contribution in [2.24, 2.45) is 0 Å². The molecule has 1 atom stereocenters. The molecule has 0 fully saturated rings.